The quantitative estimate of drug-likeness (QED) is 0.271. The normalized spacial score (nSPS) is 12.6. The maximum atomic E-state index is 5.41. The van der Waals surface area contributed by atoms with E-state index < -0.39 is 0 Å². The van der Waals surface area contributed by atoms with E-state index in [0.29, 0.717) is 6.79 Å². The van der Waals surface area contributed by atoms with Gasteiger partial charge in [0.2, 0.25) is 6.79 Å². The molecule has 2 heterocycles. The third-order valence-electron chi connectivity index (χ3n) is 3.89. The van der Waals surface area contributed by atoms with Crippen LogP contribution >= 0.6 is 35.3 Å². The van der Waals surface area contributed by atoms with Crippen LogP contribution in [0.5, 0.6) is 11.5 Å². The van der Waals surface area contributed by atoms with Crippen molar-refractivity contribution in [3.63, 3.8) is 0 Å². The van der Waals surface area contributed by atoms with Crippen molar-refractivity contribution in [3.8, 4) is 11.5 Å². The van der Waals surface area contributed by atoms with E-state index in [1.807, 2.05) is 19.1 Å². The summed E-state index contributed by atoms with van der Waals surface area (Å²) in [4.78, 5) is 8.74. The smallest absolute Gasteiger partial charge is 0.231 e. The number of aliphatic imine (C=N–C) groups is 1. The Labute approximate surface area is 175 Å². The molecule has 0 bridgehead atoms. The molecule has 2 N–H and O–H groups in total. The van der Waals surface area contributed by atoms with Crippen molar-refractivity contribution in [2.45, 2.75) is 26.2 Å². The Morgan fingerprint density at radius 3 is 2.77 bits per heavy atom. The molecule has 26 heavy (non-hydrogen) atoms. The second kappa shape index (κ2) is 10.6. The molecule has 8 heteroatoms. The average molecular weight is 488 g/mol. The van der Waals surface area contributed by atoms with E-state index in [9.17, 15) is 0 Å². The minimum Gasteiger partial charge on any atom is -0.454 e. The molecule has 142 valence electrons. The summed E-state index contributed by atoms with van der Waals surface area (Å²) in [7, 11) is 1.79. The number of rotatable bonds is 7. The minimum absolute atomic E-state index is 0. The number of ether oxygens (including phenoxy) is 2. The molecule has 0 fully saturated rings. The average Bonchev–Trinajstić information content (AvgIpc) is 3.25. The molecule has 3 rings (SSSR count). The summed E-state index contributed by atoms with van der Waals surface area (Å²) in [6.07, 6.45) is 2.94. The van der Waals surface area contributed by atoms with E-state index in [1.165, 1.54) is 10.6 Å². The first-order chi connectivity index (χ1) is 12.2. The highest BCUT2D eigenvalue weighted by atomic mass is 127. The lowest BCUT2D eigenvalue weighted by atomic mass is 10.1. The van der Waals surface area contributed by atoms with E-state index in [1.54, 1.807) is 18.4 Å². The number of fused-ring (bicyclic) bond motifs is 1. The van der Waals surface area contributed by atoms with Gasteiger partial charge in [0.25, 0.3) is 0 Å². The van der Waals surface area contributed by atoms with Crippen LogP contribution in [-0.2, 0) is 12.8 Å². The third kappa shape index (κ3) is 6.01. The lowest BCUT2D eigenvalue weighted by Gasteiger charge is -2.11. The van der Waals surface area contributed by atoms with Crippen LogP contribution in [0.4, 0.5) is 0 Å². The number of aromatic nitrogens is 1. The third-order valence-corrected chi connectivity index (χ3v) is 4.92. The summed E-state index contributed by atoms with van der Waals surface area (Å²) in [6.45, 7) is 4.03. The molecule has 6 nitrogen and oxygen atoms in total. The van der Waals surface area contributed by atoms with Crippen LogP contribution in [0.3, 0.4) is 0 Å². The SMILES string of the molecule is CN=C(NCCCc1nc(C)cs1)NCCc1ccc2c(c1)OCO2.I. The van der Waals surface area contributed by atoms with Crippen molar-refractivity contribution in [1.82, 2.24) is 15.6 Å². The van der Waals surface area contributed by atoms with Gasteiger partial charge < -0.3 is 20.1 Å². The molecule has 0 radical (unpaired) electrons. The topological polar surface area (TPSA) is 67.8 Å². The Balaban J connectivity index is 0.00000243. The van der Waals surface area contributed by atoms with Gasteiger partial charge in [-0.2, -0.15) is 0 Å². The van der Waals surface area contributed by atoms with Gasteiger partial charge >= 0.3 is 0 Å². The zero-order valence-electron chi connectivity index (χ0n) is 15.1. The lowest BCUT2D eigenvalue weighted by molar-refractivity contribution is 0.174. The molecule has 1 aromatic heterocycles. The number of nitrogens with zero attached hydrogens (tertiary/aromatic N) is 2. The zero-order chi connectivity index (χ0) is 17.5. The van der Waals surface area contributed by atoms with Crippen LogP contribution in [0, 0.1) is 6.92 Å². The number of nitrogens with one attached hydrogen (secondary N) is 2. The molecule has 0 saturated heterocycles. The first kappa shape index (κ1) is 20.8. The number of halogens is 1. The summed E-state index contributed by atoms with van der Waals surface area (Å²) in [5.41, 5.74) is 2.32. The highest BCUT2D eigenvalue weighted by Crippen LogP contribution is 2.32. The Kier molecular flexibility index (Phi) is 8.43. The Morgan fingerprint density at radius 1 is 1.19 bits per heavy atom. The fourth-order valence-electron chi connectivity index (χ4n) is 2.61. The van der Waals surface area contributed by atoms with Crippen molar-refractivity contribution in [2.24, 2.45) is 4.99 Å². The Morgan fingerprint density at radius 2 is 2.00 bits per heavy atom. The molecular formula is C18H25IN4O2S. The molecule has 1 aliphatic heterocycles. The number of hydrogen-bond donors (Lipinski definition) is 2. The predicted octanol–water partition coefficient (Wildman–Crippen LogP) is 3.14. The summed E-state index contributed by atoms with van der Waals surface area (Å²) in [5, 5.41) is 9.98. The summed E-state index contributed by atoms with van der Waals surface area (Å²) >= 11 is 1.73. The van der Waals surface area contributed by atoms with Crippen LogP contribution in [0.2, 0.25) is 0 Å². The van der Waals surface area contributed by atoms with Gasteiger partial charge in [-0.05, 0) is 37.5 Å². The van der Waals surface area contributed by atoms with Crippen molar-refractivity contribution in [3.05, 3.63) is 39.8 Å². The molecule has 1 aromatic carbocycles. The van der Waals surface area contributed by atoms with Gasteiger partial charge in [0.1, 0.15) is 0 Å². The molecule has 0 aliphatic carbocycles. The fraction of sp³-hybridized carbons (Fsp3) is 0.444. The first-order valence-electron chi connectivity index (χ1n) is 8.48. The maximum Gasteiger partial charge on any atom is 0.231 e. The highest BCUT2D eigenvalue weighted by Gasteiger charge is 2.12. The second-order valence-electron chi connectivity index (χ2n) is 5.85. The largest absolute Gasteiger partial charge is 0.454 e. The van der Waals surface area contributed by atoms with Crippen LogP contribution < -0.4 is 20.1 Å². The molecular weight excluding hydrogens is 463 g/mol. The number of hydrogen-bond acceptors (Lipinski definition) is 5. The van der Waals surface area contributed by atoms with E-state index >= 15 is 0 Å². The van der Waals surface area contributed by atoms with Crippen molar-refractivity contribution in [1.29, 1.82) is 0 Å². The maximum absolute atomic E-state index is 5.41. The summed E-state index contributed by atoms with van der Waals surface area (Å²) < 4.78 is 10.7. The van der Waals surface area contributed by atoms with E-state index in [-0.39, 0.29) is 24.0 Å². The van der Waals surface area contributed by atoms with Crippen molar-refractivity contribution >= 4 is 41.3 Å². The summed E-state index contributed by atoms with van der Waals surface area (Å²) in [6, 6.07) is 6.07. The van der Waals surface area contributed by atoms with Gasteiger partial charge in [0, 0.05) is 37.6 Å². The lowest BCUT2D eigenvalue weighted by Crippen LogP contribution is -2.38. The summed E-state index contributed by atoms with van der Waals surface area (Å²) in [5.74, 6) is 2.48. The molecule has 1 aliphatic rings. The van der Waals surface area contributed by atoms with Gasteiger partial charge in [0.05, 0.1) is 5.01 Å². The van der Waals surface area contributed by atoms with Crippen LogP contribution in [-0.4, -0.2) is 37.9 Å². The standard InChI is InChI=1S/C18H24N4O2S.HI/c1-13-11-25-17(22-13)4-3-8-20-18(19-2)21-9-7-14-5-6-15-16(10-14)24-12-23-15;/h5-6,10-11H,3-4,7-9,12H2,1-2H3,(H2,19,20,21);1H. The minimum atomic E-state index is 0. The van der Waals surface area contributed by atoms with E-state index in [2.05, 4.69) is 32.1 Å². The van der Waals surface area contributed by atoms with Crippen molar-refractivity contribution < 1.29 is 9.47 Å². The van der Waals surface area contributed by atoms with Crippen LogP contribution in [0.25, 0.3) is 0 Å². The zero-order valence-corrected chi connectivity index (χ0v) is 18.2. The Hall–Kier alpha value is -1.55. The molecule has 0 unspecified atom stereocenters. The second-order valence-corrected chi connectivity index (χ2v) is 6.79. The van der Waals surface area contributed by atoms with Crippen LogP contribution in [0.15, 0.2) is 28.6 Å². The first-order valence-corrected chi connectivity index (χ1v) is 9.36. The number of aryl methyl sites for hydroxylation is 2. The van der Waals surface area contributed by atoms with E-state index in [4.69, 9.17) is 9.47 Å². The van der Waals surface area contributed by atoms with Gasteiger partial charge in [-0.25, -0.2) is 4.98 Å². The number of guanidine groups is 1. The van der Waals surface area contributed by atoms with Gasteiger partial charge in [0.15, 0.2) is 17.5 Å². The fourth-order valence-corrected chi connectivity index (χ4v) is 3.42. The number of benzene rings is 1. The van der Waals surface area contributed by atoms with Gasteiger partial charge in [-0.15, -0.1) is 35.3 Å². The van der Waals surface area contributed by atoms with Gasteiger partial charge in [-0.1, -0.05) is 6.07 Å². The molecule has 0 atom stereocenters. The van der Waals surface area contributed by atoms with Crippen molar-refractivity contribution in [2.75, 3.05) is 26.9 Å². The highest BCUT2D eigenvalue weighted by molar-refractivity contribution is 14.0. The number of thiazole rings is 1. The molecule has 0 amide bonds. The molecule has 0 saturated carbocycles. The predicted molar refractivity (Wildman–Crippen MR) is 116 cm³/mol. The van der Waals surface area contributed by atoms with Gasteiger partial charge in [-0.3, -0.25) is 4.99 Å². The molecule has 2 aromatic rings. The molecule has 0 spiro atoms. The Bertz CT molecular complexity index is 736. The monoisotopic (exact) mass is 488 g/mol. The van der Waals surface area contributed by atoms with E-state index in [0.717, 1.165) is 55.5 Å². The van der Waals surface area contributed by atoms with Crippen LogP contribution in [0.1, 0.15) is 22.7 Å².